The maximum absolute atomic E-state index is 13.1. The van der Waals surface area contributed by atoms with Gasteiger partial charge in [0.25, 0.3) is 0 Å². The SMILES string of the molecule is C=C/C=C\[C@H](C)[C@@H]1OC(=O)/C=C\C=C\[C@@H](CCCCn2nnc3c2CC[C@@H]2[C@@H](CO)[C@@H]2CC3)[C@@H](O)C[C@H](O)/C=C\[C@H](C)[C@H](O)[C@@H](C)C[C@@H](C)CC[C@@H](O)[C@@H]1C. The number of aromatic nitrogens is 3. The van der Waals surface area contributed by atoms with E-state index in [1.165, 1.54) is 11.8 Å². The van der Waals surface area contributed by atoms with Crippen LogP contribution in [0.5, 0.6) is 0 Å². The number of hydrogen-bond donors (Lipinski definition) is 5. The van der Waals surface area contributed by atoms with Crippen molar-refractivity contribution in [2.24, 2.45) is 53.3 Å². The number of carbonyl (C=O) groups excluding carboxylic acids is 1. The lowest BCUT2D eigenvalue weighted by molar-refractivity contribution is -0.150. The predicted octanol–water partition coefficient (Wildman–Crippen LogP) is 6.32. The van der Waals surface area contributed by atoms with Gasteiger partial charge in [0.05, 0.1) is 35.8 Å². The molecule has 1 aromatic heterocycles. The van der Waals surface area contributed by atoms with Crippen molar-refractivity contribution in [2.45, 2.75) is 142 Å². The van der Waals surface area contributed by atoms with Crippen LogP contribution >= 0.6 is 0 Å². The van der Waals surface area contributed by atoms with Crippen LogP contribution in [0.4, 0.5) is 0 Å². The van der Waals surface area contributed by atoms with Crippen molar-refractivity contribution in [3.05, 3.63) is 72.7 Å². The Morgan fingerprint density at radius 2 is 1.69 bits per heavy atom. The van der Waals surface area contributed by atoms with Crippen LogP contribution < -0.4 is 0 Å². The molecule has 1 aliphatic heterocycles. The second-order valence-electron chi connectivity index (χ2n) is 17.2. The first-order chi connectivity index (χ1) is 26.3. The highest BCUT2D eigenvalue weighted by molar-refractivity contribution is 5.82. The fourth-order valence-electron chi connectivity index (χ4n) is 9.17. The highest BCUT2D eigenvalue weighted by Gasteiger charge is 2.49. The number of nitrogens with zero attached hydrogens (tertiary/aromatic N) is 3. The summed E-state index contributed by atoms with van der Waals surface area (Å²) in [6.07, 6.45) is 20.6. The third-order valence-corrected chi connectivity index (χ3v) is 12.8. The summed E-state index contributed by atoms with van der Waals surface area (Å²) in [5.41, 5.74) is 2.29. The van der Waals surface area contributed by atoms with Crippen molar-refractivity contribution in [1.29, 1.82) is 0 Å². The van der Waals surface area contributed by atoms with Gasteiger partial charge in [0.1, 0.15) is 6.10 Å². The van der Waals surface area contributed by atoms with Crippen molar-refractivity contribution < 1.29 is 35.1 Å². The summed E-state index contributed by atoms with van der Waals surface area (Å²) < 4.78 is 8.01. The van der Waals surface area contributed by atoms with Crippen LogP contribution in [-0.2, 0) is 28.9 Å². The van der Waals surface area contributed by atoms with E-state index < -0.39 is 36.5 Å². The first-order valence-corrected chi connectivity index (χ1v) is 21.1. The molecule has 3 aliphatic rings. The molecule has 2 heterocycles. The topological polar surface area (TPSA) is 158 Å². The Labute approximate surface area is 330 Å². The Morgan fingerprint density at radius 3 is 2.42 bits per heavy atom. The fraction of sp³-hybridized carbons (Fsp3) is 0.711. The minimum Gasteiger partial charge on any atom is -0.458 e. The molecule has 10 nitrogen and oxygen atoms in total. The van der Waals surface area contributed by atoms with E-state index in [4.69, 9.17) is 4.74 Å². The van der Waals surface area contributed by atoms with Gasteiger partial charge in [0.2, 0.25) is 0 Å². The van der Waals surface area contributed by atoms with E-state index >= 15 is 0 Å². The molecule has 10 heteroatoms. The van der Waals surface area contributed by atoms with Crippen LogP contribution in [0, 0.1) is 53.3 Å². The lowest BCUT2D eigenvalue weighted by atomic mass is 9.82. The Kier molecular flexibility index (Phi) is 18.1. The minimum atomic E-state index is -0.887. The zero-order chi connectivity index (χ0) is 40.1. The molecule has 1 saturated carbocycles. The molecule has 4 rings (SSSR count). The van der Waals surface area contributed by atoms with E-state index in [0.717, 1.165) is 63.6 Å². The van der Waals surface area contributed by atoms with Gasteiger partial charge in [-0.15, -0.1) is 5.10 Å². The van der Waals surface area contributed by atoms with Gasteiger partial charge in [-0.2, -0.15) is 0 Å². The number of hydrogen-bond acceptors (Lipinski definition) is 9. The number of carbonyl (C=O) groups is 1. The molecule has 1 fully saturated rings. The second kappa shape index (κ2) is 22.2. The van der Waals surface area contributed by atoms with Crippen LogP contribution in [-0.4, -0.2) is 83.6 Å². The molecule has 55 heavy (non-hydrogen) atoms. The minimum absolute atomic E-state index is 0.00465. The summed E-state index contributed by atoms with van der Waals surface area (Å²) in [6.45, 7) is 14.8. The predicted molar refractivity (Wildman–Crippen MR) is 217 cm³/mol. The lowest BCUT2D eigenvalue weighted by Gasteiger charge is -2.31. The maximum atomic E-state index is 13.1. The Bertz CT molecular complexity index is 1450. The van der Waals surface area contributed by atoms with Crippen molar-refractivity contribution in [3.8, 4) is 0 Å². The van der Waals surface area contributed by atoms with Crippen molar-refractivity contribution in [3.63, 3.8) is 0 Å². The van der Waals surface area contributed by atoms with Crippen LogP contribution in [0.1, 0.15) is 104 Å². The highest BCUT2D eigenvalue weighted by Crippen LogP contribution is 2.52. The number of aliphatic hydroxyl groups excluding tert-OH is 5. The first kappa shape index (κ1) is 44.8. The Hall–Kier alpha value is -2.89. The van der Waals surface area contributed by atoms with Gasteiger partial charge < -0.3 is 30.3 Å². The maximum Gasteiger partial charge on any atom is 0.331 e. The van der Waals surface area contributed by atoms with Crippen LogP contribution in [0.2, 0.25) is 0 Å². The highest BCUT2D eigenvalue weighted by atomic mass is 16.5. The molecule has 0 bridgehead atoms. The van der Waals surface area contributed by atoms with Crippen molar-refractivity contribution >= 4 is 5.97 Å². The summed E-state index contributed by atoms with van der Waals surface area (Å²) in [4.78, 5) is 13.1. The normalized spacial score (nSPS) is 38.1. The lowest BCUT2D eigenvalue weighted by Crippen LogP contribution is -2.37. The summed E-state index contributed by atoms with van der Waals surface area (Å²) in [5, 5.41) is 63.4. The van der Waals surface area contributed by atoms with E-state index in [1.54, 1.807) is 24.3 Å². The first-order valence-electron chi connectivity index (χ1n) is 21.1. The van der Waals surface area contributed by atoms with Crippen LogP contribution in [0.15, 0.2) is 61.3 Å². The smallest absolute Gasteiger partial charge is 0.331 e. The van der Waals surface area contributed by atoms with Crippen LogP contribution in [0.25, 0.3) is 0 Å². The monoisotopic (exact) mass is 766 g/mol. The molecular weight excluding hydrogens is 695 g/mol. The standard InChI is InChI=1S/C45H71N3O7/c1-7-8-13-31(4)45-33(6)41(51)24-17-29(2)26-32(5)44(54)30(3)18-19-35(50)27-42(52)34(14-9-10-16-43(53)55-45)15-11-12-25-48-40-23-21-37-36(38(37)28-49)20-22-39(40)46-47-48/h7-10,13-14,16,18-19,29-38,41-42,44-45,49-52,54H,1,11-12,15,17,20-28H2,2-6H3/b13-8-,14-9+,16-10-,19-18-/t29-,30-,31-,32-,33-,34-,35+,36+,37-,38-,41+,42-,44-,45-/m0/s1. The molecule has 5 N–H and O–H groups in total. The molecule has 0 aromatic carbocycles. The summed E-state index contributed by atoms with van der Waals surface area (Å²) >= 11 is 0. The van der Waals surface area contributed by atoms with Crippen LogP contribution in [0.3, 0.4) is 0 Å². The van der Waals surface area contributed by atoms with E-state index in [9.17, 15) is 30.3 Å². The van der Waals surface area contributed by atoms with E-state index in [2.05, 4.69) is 23.8 Å². The zero-order valence-corrected chi connectivity index (χ0v) is 34.1. The number of aliphatic hydroxyl groups is 5. The third-order valence-electron chi connectivity index (χ3n) is 12.8. The van der Waals surface area contributed by atoms with E-state index in [-0.39, 0.29) is 48.5 Å². The van der Waals surface area contributed by atoms with Gasteiger partial charge in [-0.3, -0.25) is 0 Å². The number of fused-ring (bicyclic) bond motifs is 2. The van der Waals surface area contributed by atoms with Gasteiger partial charge >= 0.3 is 5.97 Å². The summed E-state index contributed by atoms with van der Waals surface area (Å²) in [6, 6.07) is 0. The van der Waals surface area contributed by atoms with E-state index in [0.29, 0.717) is 30.6 Å². The second-order valence-corrected chi connectivity index (χ2v) is 17.2. The number of ether oxygens (including phenoxy) is 1. The Balaban J connectivity index is 1.46. The zero-order valence-electron chi connectivity index (χ0n) is 34.1. The van der Waals surface area contributed by atoms with Gasteiger partial charge in [-0.05, 0) is 87.4 Å². The number of allylic oxidation sites excluding steroid dienone is 4. The molecule has 0 spiro atoms. The number of cyclic esters (lactones) is 1. The number of esters is 1. The third kappa shape index (κ3) is 13.3. The average Bonchev–Trinajstić information content (AvgIpc) is 3.69. The molecule has 2 aliphatic carbocycles. The largest absolute Gasteiger partial charge is 0.458 e. The van der Waals surface area contributed by atoms with Crippen molar-refractivity contribution in [1.82, 2.24) is 15.0 Å². The molecule has 0 saturated heterocycles. The van der Waals surface area contributed by atoms with E-state index in [1.807, 2.05) is 56.7 Å². The molecule has 308 valence electrons. The van der Waals surface area contributed by atoms with Gasteiger partial charge in [0, 0.05) is 49.3 Å². The molecule has 1 aromatic rings. The molecular formula is C45H71N3O7. The number of rotatable bonds is 9. The summed E-state index contributed by atoms with van der Waals surface area (Å²) in [5.74, 6) is 0.485. The average molecular weight is 766 g/mol. The van der Waals surface area contributed by atoms with Gasteiger partial charge in [-0.25, -0.2) is 9.48 Å². The number of unbranched alkanes of at least 4 members (excludes halogenated alkanes) is 1. The van der Waals surface area contributed by atoms with Gasteiger partial charge in [0.15, 0.2) is 0 Å². The molecule has 0 amide bonds. The molecule has 0 unspecified atom stereocenters. The summed E-state index contributed by atoms with van der Waals surface area (Å²) in [7, 11) is 0. The number of aryl methyl sites for hydroxylation is 2. The van der Waals surface area contributed by atoms with Crippen molar-refractivity contribution in [2.75, 3.05) is 6.61 Å². The van der Waals surface area contributed by atoms with Gasteiger partial charge in [-0.1, -0.05) is 101 Å². The fourth-order valence-corrected chi connectivity index (χ4v) is 9.17. The quantitative estimate of drug-likeness (QED) is 0.0840. The molecule has 0 radical (unpaired) electrons. The molecule has 14 atom stereocenters. The Morgan fingerprint density at radius 1 is 0.945 bits per heavy atom.